The fourth-order valence-electron chi connectivity index (χ4n) is 1.92. The zero-order valence-electron chi connectivity index (χ0n) is 9.32. The highest BCUT2D eigenvalue weighted by Crippen LogP contribution is 2.41. The molecule has 1 aliphatic heterocycles. The molecule has 0 fully saturated rings. The van der Waals surface area contributed by atoms with E-state index in [1.165, 1.54) is 0 Å². The number of aliphatic imine (C=N–C) groups is 1. The Balaban J connectivity index is 2.48. The number of hydrogen-bond acceptors (Lipinski definition) is 4. The minimum atomic E-state index is 0.259. The number of hydrogen-bond donors (Lipinski definition) is 0. The Hall–Kier alpha value is -1.80. The van der Waals surface area contributed by atoms with Crippen LogP contribution in [0.5, 0.6) is 11.5 Å². The van der Waals surface area contributed by atoms with Crippen LogP contribution < -0.4 is 9.47 Å². The summed E-state index contributed by atoms with van der Waals surface area (Å²) in [6.45, 7) is 4.75. The Bertz CT molecular complexity index is 448. The van der Waals surface area contributed by atoms with E-state index in [-0.39, 0.29) is 6.79 Å². The molecule has 2 rings (SSSR count). The summed E-state index contributed by atoms with van der Waals surface area (Å²) in [7, 11) is 0. The molecule has 4 heteroatoms. The van der Waals surface area contributed by atoms with Crippen LogP contribution in [-0.2, 0) is 11.3 Å². The van der Waals surface area contributed by atoms with Gasteiger partial charge in [-0.3, -0.25) is 0 Å². The van der Waals surface area contributed by atoms with Crippen LogP contribution in [0.1, 0.15) is 30.9 Å². The maximum atomic E-state index is 10.1. The van der Waals surface area contributed by atoms with Gasteiger partial charge in [-0.25, -0.2) is 9.79 Å². The number of nitrogens with zero attached hydrogens (tertiary/aromatic N) is 1. The third-order valence-electron chi connectivity index (χ3n) is 2.56. The molecule has 0 radical (unpaired) electrons. The third kappa shape index (κ3) is 1.79. The van der Waals surface area contributed by atoms with Crippen LogP contribution in [0.2, 0.25) is 0 Å². The molecule has 0 aromatic heterocycles. The van der Waals surface area contributed by atoms with Gasteiger partial charge in [0.25, 0.3) is 0 Å². The second kappa shape index (κ2) is 4.37. The molecular formula is C12H13NO3. The van der Waals surface area contributed by atoms with Crippen molar-refractivity contribution in [2.75, 3.05) is 6.79 Å². The standard InChI is InChI=1S/C12H13NO3/c1-8(2)11-9(5-13-6-14)3-4-10-12(11)16-7-15-10/h3-4,8H,5,7H2,1-2H3. The predicted molar refractivity (Wildman–Crippen MR) is 58.5 cm³/mol. The Morgan fingerprint density at radius 1 is 1.44 bits per heavy atom. The van der Waals surface area contributed by atoms with E-state index in [2.05, 4.69) is 18.8 Å². The van der Waals surface area contributed by atoms with Crippen LogP contribution in [0.3, 0.4) is 0 Å². The molecule has 0 N–H and O–H groups in total. The molecule has 0 spiro atoms. The van der Waals surface area contributed by atoms with Crippen molar-refractivity contribution in [2.45, 2.75) is 26.3 Å². The van der Waals surface area contributed by atoms with Gasteiger partial charge in [0.2, 0.25) is 12.9 Å². The van der Waals surface area contributed by atoms with Gasteiger partial charge in [0.05, 0.1) is 6.54 Å². The zero-order chi connectivity index (χ0) is 11.5. The van der Waals surface area contributed by atoms with Crippen molar-refractivity contribution in [1.82, 2.24) is 0 Å². The van der Waals surface area contributed by atoms with E-state index in [1.807, 2.05) is 12.1 Å². The van der Waals surface area contributed by atoms with Gasteiger partial charge in [-0.15, -0.1) is 0 Å². The molecule has 1 aromatic carbocycles. The van der Waals surface area contributed by atoms with E-state index in [0.717, 1.165) is 22.6 Å². The van der Waals surface area contributed by atoms with Crippen molar-refractivity contribution in [3.8, 4) is 11.5 Å². The molecule has 0 amide bonds. The summed E-state index contributed by atoms with van der Waals surface area (Å²) in [6, 6.07) is 3.77. The van der Waals surface area contributed by atoms with E-state index >= 15 is 0 Å². The van der Waals surface area contributed by atoms with Crippen LogP contribution in [0.25, 0.3) is 0 Å². The van der Waals surface area contributed by atoms with Crippen LogP contribution >= 0.6 is 0 Å². The first kappa shape index (κ1) is 10.7. The number of benzene rings is 1. The minimum absolute atomic E-state index is 0.259. The smallest absolute Gasteiger partial charge is 0.235 e. The average molecular weight is 219 g/mol. The van der Waals surface area contributed by atoms with Gasteiger partial charge >= 0.3 is 0 Å². The molecule has 0 atom stereocenters. The third-order valence-corrected chi connectivity index (χ3v) is 2.56. The Morgan fingerprint density at radius 2 is 2.25 bits per heavy atom. The molecule has 0 bridgehead atoms. The molecule has 0 unspecified atom stereocenters. The van der Waals surface area contributed by atoms with Gasteiger partial charge in [-0.1, -0.05) is 19.9 Å². The maximum absolute atomic E-state index is 10.1. The lowest BCUT2D eigenvalue weighted by atomic mass is 9.95. The monoisotopic (exact) mass is 219 g/mol. The average Bonchev–Trinajstić information content (AvgIpc) is 2.72. The molecule has 1 aliphatic rings. The quantitative estimate of drug-likeness (QED) is 0.579. The zero-order valence-corrected chi connectivity index (χ0v) is 9.32. The summed E-state index contributed by atoms with van der Waals surface area (Å²) in [6.07, 6.45) is 1.55. The van der Waals surface area contributed by atoms with E-state index in [9.17, 15) is 4.79 Å². The molecule has 16 heavy (non-hydrogen) atoms. The molecule has 0 saturated heterocycles. The lowest BCUT2D eigenvalue weighted by molar-refractivity contribution is 0.173. The van der Waals surface area contributed by atoms with Crippen molar-refractivity contribution in [1.29, 1.82) is 0 Å². The summed E-state index contributed by atoms with van der Waals surface area (Å²) in [5, 5.41) is 0. The lowest BCUT2D eigenvalue weighted by Crippen LogP contribution is -1.99. The molecule has 4 nitrogen and oxygen atoms in total. The summed E-state index contributed by atoms with van der Waals surface area (Å²) >= 11 is 0. The topological polar surface area (TPSA) is 47.9 Å². The Morgan fingerprint density at radius 3 is 2.94 bits per heavy atom. The summed E-state index contributed by atoms with van der Waals surface area (Å²) < 4.78 is 10.8. The van der Waals surface area contributed by atoms with Crippen LogP contribution in [0.15, 0.2) is 17.1 Å². The first-order valence-electron chi connectivity index (χ1n) is 5.19. The highest BCUT2D eigenvalue weighted by molar-refractivity contribution is 5.53. The largest absolute Gasteiger partial charge is 0.454 e. The van der Waals surface area contributed by atoms with Gasteiger partial charge < -0.3 is 9.47 Å². The van der Waals surface area contributed by atoms with E-state index in [0.29, 0.717) is 12.5 Å². The Kier molecular flexibility index (Phi) is 2.93. The molecule has 0 aliphatic carbocycles. The SMILES string of the molecule is CC(C)c1c(CN=C=O)ccc2c1OCO2. The molecule has 0 saturated carbocycles. The second-order valence-electron chi connectivity index (χ2n) is 3.93. The van der Waals surface area contributed by atoms with Crippen molar-refractivity contribution in [2.24, 2.45) is 4.99 Å². The van der Waals surface area contributed by atoms with Crippen LogP contribution in [-0.4, -0.2) is 12.9 Å². The number of fused-ring (bicyclic) bond motifs is 1. The molecular weight excluding hydrogens is 206 g/mol. The fourth-order valence-corrected chi connectivity index (χ4v) is 1.92. The van der Waals surface area contributed by atoms with Crippen LogP contribution in [0.4, 0.5) is 0 Å². The lowest BCUT2D eigenvalue weighted by Gasteiger charge is -2.13. The predicted octanol–water partition coefficient (Wildman–Crippen LogP) is 2.37. The highest BCUT2D eigenvalue weighted by atomic mass is 16.7. The molecule has 1 aromatic rings. The normalized spacial score (nSPS) is 12.7. The van der Waals surface area contributed by atoms with E-state index in [4.69, 9.17) is 9.47 Å². The number of isocyanates is 1. The van der Waals surface area contributed by atoms with E-state index < -0.39 is 0 Å². The Labute approximate surface area is 93.9 Å². The van der Waals surface area contributed by atoms with Gasteiger partial charge in [-0.2, -0.15) is 0 Å². The first-order valence-corrected chi connectivity index (χ1v) is 5.19. The van der Waals surface area contributed by atoms with Crippen LogP contribution in [0, 0.1) is 0 Å². The summed E-state index contributed by atoms with van der Waals surface area (Å²) in [4.78, 5) is 13.8. The summed E-state index contributed by atoms with van der Waals surface area (Å²) in [5.74, 6) is 1.85. The number of carbonyl (C=O) groups excluding carboxylic acids is 1. The molecule has 84 valence electrons. The summed E-state index contributed by atoms with van der Waals surface area (Å²) in [5.41, 5.74) is 2.05. The van der Waals surface area contributed by atoms with Crippen molar-refractivity contribution in [3.63, 3.8) is 0 Å². The molecule has 1 heterocycles. The second-order valence-corrected chi connectivity index (χ2v) is 3.93. The van der Waals surface area contributed by atoms with E-state index in [1.54, 1.807) is 6.08 Å². The first-order chi connectivity index (χ1) is 7.74. The van der Waals surface area contributed by atoms with Crippen molar-refractivity contribution < 1.29 is 14.3 Å². The van der Waals surface area contributed by atoms with Gasteiger partial charge in [-0.05, 0) is 17.5 Å². The fraction of sp³-hybridized carbons (Fsp3) is 0.417. The van der Waals surface area contributed by atoms with Crippen molar-refractivity contribution >= 4 is 6.08 Å². The minimum Gasteiger partial charge on any atom is -0.454 e. The number of rotatable bonds is 3. The number of ether oxygens (including phenoxy) is 2. The van der Waals surface area contributed by atoms with Gasteiger partial charge in [0, 0.05) is 5.56 Å². The van der Waals surface area contributed by atoms with Gasteiger partial charge in [0.15, 0.2) is 11.5 Å². The van der Waals surface area contributed by atoms with Gasteiger partial charge in [0.1, 0.15) is 0 Å². The highest BCUT2D eigenvalue weighted by Gasteiger charge is 2.22. The van der Waals surface area contributed by atoms with Crippen molar-refractivity contribution in [3.05, 3.63) is 23.3 Å². The maximum Gasteiger partial charge on any atom is 0.235 e.